The van der Waals surface area contributed by atoms with Crippen molar-refractivity contribution in [1.82, 2.24) is 10.2 Å². The summed E-state index contributed by atoms with van der Waals surface area (Å²) in [5.41, 5.74) is 0.0588. The van der Waals surface area contributed by atoms with Crippen molar-refractivity contribution in [3.8, 4) is 0 Å². The Morgan fingerprint density at radius 1 is 1.00 bits per heavy atom. The lowest BCUT2D eigenvalue weighted by molar-refractivity contribution is 0.120. The fourth-order valence-electron chi connectivity index (χ4n) is 3.28. The molecule has 0 aromatic carbocycles. The molecule has 1 saturated carbocycles. The second-order valence-electron chi connectivity index (χ2n) is 5.83. The highest BCUT2D eigenvalue weighted by Crippen LogP contribution is 2.27. The van der Waals surface area contributed by atoms with Crippen LogP contribution in [0.2, 0.25) is 0 Å². The third kappa shape index (κ3) is 3.94. The molecule has 1 aliphatic heterocycles. The summed E-state index contributed by atoms with van der Waals surface area (Å²) in [5.74, 6) is 0. The Morgan fingerprint density at radius 2 is 1.71 bits per heavy atom. The normalized spacial score (nSPS) is 25.2. The molecule has 0 aromatic heterocycles. The molecule has 3 nitrogen and oxygen atoms in total. The van der Waals surface area contributed by atoms with Crippen molar-refractivity contribution in [2.24, 2.45) is 0 Å². The largest absolute Gasteiger partial charge is 0.394 e. The number of hydrogen-bond acceptors (Lipinski definition) is 3. The number of hydrogen-bond donors (Lipinski definition) is 2. The number of likely N-dealkylation sites (tertiary alicyclic amines) is 1. The molecule has 2 N–H and O–H groups in total. The van der Waals surface area contributed by atoms with Crippen molar-refractivity contribution >= 4 is 0 Å². The smallest absolute Gasteiger partial charge is 0.0613 e. The molecule has 1 saturated heterocycles. The lowest BCUT2D eigenvalue weighted by Crippen LogP contribution is -2.50. The van der Waals surface area contributed by atoms with E-state index in [4.69, 9.17) is 0 Å². The van der Waals surface area contributed by atoms with Gasteiger partial charge in [0.05, 0.1) is 6.61 Å². The van der Waals surface area contributed by atoms with Crippen LogP contribution in [-0.4, -0.2) is 48.3 Å². The van der Waals surface area contributed by atoms with Gasteiger partial charge in [-0.05, 0) is 58.3 Å². The van der Waals surface area contributed by atoms with E-state index in [1.807, 2.05) is 0 Å². The molecular weight excluding hydrogens is 212 g/mol. The minimum Gasteiger partial charge on any atom is -0.394 e. The van der Waals surface area contributed by atoms with Crippen LogP contribution in [0.25, 0.3) is 0 Å². The summed E-state index contributed by atoms with van der Waals surface area (Å²) in [6, 6.07) is 0. The van der Waals surface area contributed by atoms with Crippen molar-refractivity contribution in [2.45, 2.75) is 56.9 Å². The Labute approximate surface area is 106 Å². The monoisotopic (exact) mass is 240 g/mol. The van der Waals surface area contributed by atoms with Gasteiger partial charge in [0.2, 0.25) is 0 Å². The number of rotatable bonds is 6. The molecule has 0 bridgehead atoms. The molecule has 0 aromatic rings. The van der Waals surface area contributed by atoms with Crippen molar-refractivity contribution in [3.63, 3.8) is 0 Å². The van der Waals surface area contributed by atoms with Crippen molar-refractivity contribution in [3.05, 3.63) is 0 Å². The van der Waals surface area contributed by atoms with E-state index in [0.29, 0.717) is 6.61 Å². The van der Waals surface area contributed by atoms with Gasteiger partial charge in [-0.25, -0.2) is 0 Å². The Hall–Kier alpha value is -0.120. The number of nitrogens with one attached hydrogen (secondary N) is 1. The molecule has 3 heteroatoms. The summed E-state index contributed by atoms with van der Waals surface area (Å²) >= 11 is 0. The second kappa shape index (κ2) is 6.72. The first-order chi connectivity index (χ1) is 8.35. The van der Waals surface area contributed by atoms with Crippen molar-refractivity contribution in [1.29, 1.82) is 0 Å². The average molecular weight is 240 g/mol. The van der Waals surface area contributed by atoms with Crippen LogP contribution in [0.1, 0.15) is 51.4 Å². The van der Waals surface area contributed by atoms with E-state index in [-0.39, 0.29) is 5.54 Å². The van der Waals surface area contributed by atoms with Crippen LogP contribution in [0.3, 0.4) is 0 Å². The zero-order valence-corrected chi connectivity index (χ0v) is 11.1. The molecule has 0 unspecified atom stereocenters. The predicted octanol–water partition coefficient (Wildman–Crippen LogP) is 1.76. The highest BCUT2D eigenvalue weighted by Gasteiger charge is 2.30. The van der Waals surface area contributed by atoms with Gasteiger partial charge in [-0.15, -0.1) is 0 Å². The SMILES string of the molecule is OCC1(NCCCN2CCCC2)CCCCC1. The Morgan fingerprint density at radius 3 is 2.35 bits per heavy atom. The summed E-state index contributed by atoms with van der Waals surface area (Å²) in [7, 11) is 0. The number of aliphatic hydroxyl groups excluding tert-OH is 1. The molecule has 0 amide bonds. The third-order valence-electron chi connectivity index (χ3n) is 4.46. The van der Waals surface area contributed by atoms with E-state index in [1.165, 1.54) is 58.2 Å². The first kappa shape index (κ1) is 13.3. The lowest BCUT2D eigenvalue weighted by atomic mass is 9.82. The molecule has 0 atom stereocenters. The molecule has 1 heterocycles. The molecule has 0 radical (unpaired) electrons. The molecule has 17 heavy (non-hydrogen) atoms. The fraction of sp³-hybridized carbons (Fsp3) is 1.00. The van der Waals surface area contributed by atoms with Gasteiger partial charge in [0.15, 0.2) is 0 Å². The van der Waals surface area contributed by atoms with E-state index in [9.17, 15) is 5.11 Å². The summed E-state index contributed by atoms with van der Waals surface area (Å²) in [5, 5.41) is 13.2. The molecule has 2 aliphatic rings. The maximum absolute atomic E-state index is 9.58. The number of nitrogens with zero attached hydrogens (tertiary/aromatic N) is 1. The van der Waals surface area contributed by atoms with Gasteiger partial charge in [0.25, 0.3) is 0 Å². The van der Waals surface area contributed by atoms with Gasteiger partial charge >= 0.3 is 0 Å². The molecule has 100 valence electrons. The van der Waals surface area contributed by atoms with E-state index < -0.39 is 0 Å². The summed E-state index contributed by atoms with van der Waals surface area (Å²) in [6.07, 6.45) is 10.2. The second-order valence-corrected chi connectivity index (χ2v) is 5.83. The quantitative estimate of drug-likeness (QED) is 0.694. The molecule has 2 fully saturated rings. The summed E-state index contributed by atoms with van der Waals surface area (Å²) in [6.45, 7) is 5.21. The predicted molar refractivity (Wildman–Crippen MR) is 71.2 cm³/mol. The summed E-state index contributed by atoms with van der Waals surface area (Å²) < 4.78 is 0. The lowest BCUT2D eigenvalue weighted by Gasteiger charge is -2.37. The van der Waals surface area contributed by atoms with Crippen molar-refractivity contribution < 1.29 is 5.11 Å². The highest BCUT2D eigenvalue weighted by atomic mass is 16.3. The Kier molecular flexibility index (Phi) is 5.26. The molecule has 2 rings (SSSR count). The highest BCUT2D eigenvalue weighted by molar-refractivity contribution is 4.90. The van der Waals surface area contributed by atoms with Gasteiger partial charge in [-0.1, -0.05) is 19.3 Å². The molecule has 0 spiro atoms. The van der Waals surface area contributed by atoms with Gasteiger partial charge in [-0.2, -0.15) is 0 Å². The first-order valence-corrected chi connectivity index (χ1v) is 7.43. The van der Waals surface area contributed by atoms with Gasteiger partial charge in [0.1, 0.15) is 0 Å². The van der Waals surface area contributed by atoms with Crippen LogP contribution in [0.4, 0.5) is 0 Å². The fourth-order valence-corrected chi connectivity index (χ4v) is 3.28. The zero-order chi connectivity index (χ0) is 12.0. The van der Waals surface area contributed by atoms with Gasteiger partial charge in [-0.3, -0.25) is 0 Å². The third-order valence-corrected chi connectivity index (χ3v) is 4.46. The molecular formula is C14H28N2O. The van der Waals surface area contributed by atoms with Crippen LogP contribution in [-0.2, 0) is 0 Å². The topological polar surface area (TPSA) is 35.5 Å². The van der Waals surface area contributed by atoms with Crippen LogP contribution in [0, 0.1) is 0 Å². The minimum atomic E-state index is 0.0588. The van der Waals surface area contributed by atoms with E-state index in [0.717, 1.165) is 19.4 Å². The Bertz CT molecular complexity index is 208. The van der Waals surface area contributed by atoms with Gasteiger partial charge in [0, 0.05) is 5.54 Å². The van der Waals surface area contributed by atoms with Gasteiger partial charge < -0.3 is 15.3 Å². The van der Waals surface area contributed by atoms with Crippen LogP contribution in [0.5, 0.6) is 0 Å². The first-order valence-electron chi connectivity index (χ1n) is 7.43. The maximum atomic E-state index is 9.58. The van der Waals surface area contributed by atoms with Crippen LogP contribution in [0.15, 0.2) is 0 Å². The Balaban J connectivity index is 1.61. The zero-order valence-electron chi connectivity index (χ0n) is 11.1. The number of aliphatic hydroxyl groups is 1. The standard InChI is InChI=1S/C14H28N2O/c17-13-14(7-2-1-3-8-14)15-9-6-12-16-10-4-5-11-16/h15,17H,1-13H2. The van der Waals surface area contributed by atoms with E-state index in [1.54, 1.807) is 0 Å². The van der Waals surface area contributed by atoms with E-state index in [2.05, 4.69) is 10.2 Å². The molecule has 1 aliphatic carbocycles. The average Bonchev–Trinajstić information content (AvgIpc) is 2.89. The maximum Gasteiger partial charge on any atom is 0.0613 e. The van der Waals surface area contributed by atoms with Crippen LogP contribution < -0.4 is 5.32 Å². The minimum absolute atomic E-state index is 0.0588. The van der Waals surface area contributed by atoms with Crippen LogP contribution >= 0.6 is 0 Å². The van der Waals surface area contributed by atoms with E-state index >= 15 is 0 Å². The summed E-state index contributed by atoms with van der Waals surface area (Å²) in [4.78, 5) is 2.56. The van der Waals surface area contributed by atoms with Crippen molar-refractivity contribution in [2.75, 3.05) is 32.8 Å².